The predicted octanol–water partition coefficient (Wildman–Crippen LogP) is 1.67. The summed E-state index contributed by atoms with van der Waals surface area (Å²) in [7, 11) is -3.55. The maximum Gasteiger partial charge on any atom is 0.279 e. The molecule has 1 aliphatic heterocycles. The van der Waals surface area contributed by atoms with Gasteiger partial charge in [-0.05, 0) is 31.0 Å². The van der Waals surface area contributed by atoms with Gasteiger partial charge in [0.1, 0.15) is 0 Å². The lowest BCUT2D eigenvalue weighted by atomic mass is 10.2. The van der Waals surface area contributed by atoms with Crippen LogP contribution in [-0.4, -0.2) is 44.8 Å². The van der Waals surface area contributed by atoms with Gasteiger partial charge in [0.25, 0.3) is 5.91 Å². The Morgan fingerprint density at radius 3 is 2.60 bits per heavy atom. The Kier molecular flexibility index (Phi) is 7.25. The van der Waals surface area contributed by atoms with Crippen molar-refractivity contribution in [3.63, 3.8) is 0 Å². The molecule has 1 saturated heterocycles. The molecule has 1 fully saturated rings. The fourth-order valence-electron chi connectivity index (χ4n) is 2.76. The summed E-state index contributed by atoms with van der Waals surface area (Å²) in [5.41, 5.74) is 0.336. The highest BCUT2D eigenvalue weighted by molar-refractivity contribution is 7.89. The van der Waals surface area contributed by atoms with Crippen LogP contribution in [0.5, 0.6) is 0 Å². The van der Waals surface area contributed by atoms with Crippen LogP contribution in [0.15, 0.2) is 23.1 Å². The number of hydrogen-bond acceptors (Lipinski definition) is 3. The van der Waals surface area contributed by atoms with Crippen molar-refractivity contribution in [1.82, 2.24) is 4.31 Å². The molecular weight excluding hydrogens is 362 g/mol. The maximum atomic E-state index is 12.7. The SMILES string of the molecule is CC(C)C[NH2+]CC(=O)Nc1cc(S(=O)(=O)N2CCCCC2)ccc1Cl. The summed E-state index contributed by atoms with van der Waals surface area (Å²) in [5, 5.41) is 4.96. The second-order valence-corrected chi connectivity index (χ2v) is 9.12. The van der Waals surface area contributed by atoms with Gasteiger partial charge < -0.3 is 10.6 Å². The van der Waals surface area contributed by atoms with Crippen molar-refractivity contribution in [3.8, 4) is 0 Å². The molecule has 1 amide bonds. The molecule has 0 unspecified atom stereocenters. The molecule has 0 atom stereocenters. The van der Waals surface area contributed by atoms with Gasteiger partial charge in [-0.15, -0.1) is 0 Å². The molecule has 6 nitrogen and oxygen atoms in total. The van der Waals surface area contributed by atoms with Gasteiger partial charge >= 0.3 is 0 Å². The summed E-state index contributed by atoms with van der Waals surface area (Å²) in [6.07, 6.45) is 2.81. The van der Waals surface area contributed by atoms with E-state index in [9.17, 15) is 13.2 Å². The molecule has 2 rings (SSSR count). The van der Waals surface area contributed by atoms with Gasteiger partial charge in [0.05, 0.1) is 22.2 Å². The van der Waals surface area contributed by atoms with E-state index < -0.39 is 10.0 Å². The van der Waals surface area contributed by atoms with Gasteiger partial charge in [-0.1, -0.05) is 31.9 Å². The average Bonchev–Trinajstić information content (AvgIpc) is 2.57. The standard InChI is InChI=1S/C17H26ClN3O3S/c1-13(2)11-19-12-17(22)20-16-10-14(6-7-15(16)18)25(23,24)21-8-4-3-5-9-21/h6-7,10,13,19H,3-5,8-9,11-12H2,1-2H3,(H,20,22)/p+1. The Hall–Kier alpha value is -1.15. The molecular formula is C17H27ClN3O3S+. The smallest absolute Gasteiger partial charge is 0.279 e. The van der Waals surface area contributed by atoms with Gasteiger partial charge in [-0.2, -0.15) is 4.31 Å². The van der Waals surface area contributed by atoms with Crippen LogP contribution in [0.3, 0.4) is 0 Å². The Balaban J connectivity index is 2.10. The number of rotatable bonds is 7. The lowest BCUT2D eigenvalue weighted by Crippen LogP contribution is -2.87. The number of amides is 1. The van der Waals surface area contributed by atoms with Crippen molar-refractivity contribution in [3.05, 3.63) is 23.2 Å². The van der Waals surface area contributed by atoms with E-state index in [2.05, 4.69) is 19.2 Å². The van der Waals surface area contributed by atoms with E-state index in [0.29, 0.717) is 29.7 Å². The largest absolute Gasteiger partial charge is 0.338 e. The Morgan fingerprint density at radius 2 is 1.96 bits per heavy atom. The monoisotopic (exact) mass is 388 g/mol. The molecule has 1 aliphatic rings. The molecule has 0 saturated carbocycles. The molecule has 25 heavy (non-hydrogen) atoms. The van der Waals surface area contributed by atoms with Crippen molar-refractivity contribution >= 4 is 33.2 Å². The molecule has 3 N–H and O–H groups in total. The van der Waals surface area contributed by atoms with Crippen LogP contribution in [0.4, 0.5) is 5.69 Å². The average molecular weight is 389 g/mol. The number of halogens is 1. The van der Waals surface area contributed by atoms with Gasteiger partial charge in [0.15, 0.2) is 6.54 Å². The van der Waals surface area contributed by atoms with Gasteiger partial charge in [0, 0.05) is 19.0 Å². The van der Waals surface area contributed by atoms with E-state index in [1.54, 1.807) is 0 Å². The molecule has 8 heteroatoms. The second kappa shape index (κ2) is 8.98. The maximum absolute atomic E-state index is 12.7. The first-order valence-corrected chi connectivity index (χ1v) is 10.5. The summed E-state index contributed by atoms with van der Waals surface area (Å²) in [6.45, 7) is 6.37. The summed E-state index contributed by atoms with van der Waals surface area (Å²) in [4.78, 5) is 12.2. The fraction of sp³-hybridized carbons (Fsp3) is 0.588. The minimum atomic E-state index is -3.55. The Bertz CT molecular complexity index is 701. The zero-order chi connectivity index (χ0) is 18.4. The van der Waals surface area contributed by atoms with Gasteiger partial charge in [0.2, 0.25) is 10.0 Å². The lowest BCUT2D eigenvalue weighted by Gasteiger charge is -2.26. The quantitative estimate of drug-likeness (QED) is 0.745. The highest BCUT2D eigenvalue weighted by Gasteiger charge is 2.26. The van der Waals surface area contributed by atoms with Crippen molar-refractivity contribution in [2.45, 2.75) is 38.0 Å². The number of nitrogens with two attached hydrogens (primary N) is 1. The lowest BCUT2D eigenvalue weighted by molar-refractivity contribution is -0.648. The number of quaternary nitrogens is 1. The van der Waals surface area contributed by atoms with E-state index in [1.807, 2.05) is 5.32 Å². The Morgan fingerprint density at radius 1 is 1.28 bits per heavy atom. The van der Waals surface area contributed by atoms with Crippen LogP contribution < -0.4 is 10.6 Å². The van der Waals surface area contributed by atoms with Crippen LogP contribution in [-0.2, 0) is 14.8 Å². The van der Waals surface area contributed by atoms with Crippen LogP contribution in [0.25, 0.3) is 0 Å². The third-order valence-corrected chi connectivity index (χ3v) is 6.36. The minimum Gasteiger partial charge on any atom is -0.338 e. The molecule has 0 aromatic heterocycles. The highest BCUT2D eigenvalue weighted by Crippen LogP contribution is 2.28. The summed E-state index contributed by atoms with van der Waals surface area (Å²) >= 11 is 6.13. The number of carbonyl (C=O) groups is 1. The van der Waals surface area contributed by atoms with Gasteiger partial charge in [-0.25, -0.2) is 8.42 Å². The molecule has 1 heterocycles. The number of nitrogens with one attached hydrogen (secondary N) is 1. The molecule has 1 aromatic carbocycles. The van der Waals surface area contributed by atoms with E-state index in [0.717, 1.165) is 25.8 Å². The number of anilines is 1. The van der Waals surface area contributed by atoms with Crippen molar-refractivity contribution < 1.29 is 18.5 Å². The van der Waals surface area contributed by atoms with E-state index in [-0.39, 0.29) is 17.3 Å². The number of carbonyl (C=O) groups excluding carboxylic acids is 1. The van der Waals surface area contributed by atoms with E-state index >= 15 is 0 Å². The zero-order valence-electron chi connectivity index (χ0n) is 14.8. The first kappa shape index (κ1) is 20.2. The predicted molar refractivity (Wildman–Crippen MR) is 99.2 cm³/mol. The number of benzene rings is 1. The van der Waals surface area contributed by atoms with Crippen LogP contribution in [0.2, 0.25) is 5.02 Å². The van der Waals surface area contributed by atoms with E-state index in [4.69, 9.17) is 11.6 Å². The number of piperidine rings is 1. The van der Waals surface area contributed by atoms with Crippen molar-refractivity contribution in [2.75, 3.05) is 31.5 Å². The molecule has 0 aliphatic carbocycles. The first-order chi connectivity index (χ1) is 11.8. The third kappa shape index (κ3) is 5.67. The highest BCUT2D eigenvalue weighted by atomic mass is 35.5. The molecule has 1 aromatic rings. The van der Waals surface area contributed by atoms with Crippen molar-refractivity contribution in [1.29, 1.82) is 0 Å². The Labute approximate surface area is 155 Å². The number of hydrogen-bond donors (Lipinski definition) is 2. The topological polar surface area (TPSA) is 83.1 Å². The molecule has 0 spiro atoms. The van der Waals surface area contributed by atoms with Crippen LogP contribution in [0, 0.1) is 5.92 Å². The van der Waals surface area contributed by atoms with E-state index in [1.165, 1.54) is 22.5 Å². The molecule has 140 valence electrons. The summed E-state index contributed by atoms with van der Waals surface area (Å²) in [6, 6.07) is 4.46. The third-order valence-electron chi connectivity index (χ3n) is 4.13. The van der Waals surface area contributed by atoms with Crippen LogP contribution >= 0.6 is 11.6 Å². The first-order valence-electron chi connectivity index (χ1n) is 8.72. The summed E-state index contributed by atoms with van der Waals surface area (Å²) < 4.78 is 27.0. The zero-order valence-corrected chi connectivity index (χ0v) is 16.4. The fourth-order valence-corrected chi connectivity index (χ4v) is 4.47. The number of sulfonamides is 1. The molecule has 0 radical (unpaired) electrons. The van der Waals surface area contributed by atoms with Crippen molar-refractivity contribution in [2.24, 2.45) is 5.92 Å². The second-order valence-electron chi connectivity index (χ2n) is 6.78. The normalized spacial score (nSPS) is 16.2. The number of nitrogens with zero attached hydrogens (tertiary/aromatic N) is 1. The summed E-state index contributed by atoms with van der Waals surface area (Å²) in [5.74, 6) is 0.296. The van der Waals surface area contributed by atoms with Crippen LogP contribution in [0.1, 0.15) is 33.1 Å². The molecule has 0 bridgehead atoms. The minimum absolute atomic E-state index is 0.167. The van der Waals surface area contributed by atoms with Gasteiger partial charge in [-0.3, -0.25) is 4.79 Å².